The van der Waals surface area contributed by atoms with E-state index in [9.17, 15) is 9.59 Å². The second-order valence-corrected chi connectivity index (χ2v) is 9.70. The van der Waals surface area contributed by atoms with Gasteiger partial charge in [0.25, 0.3) is 11.8 Å². The van der Waals surface area contributed by atoms with E-state index in [0.29, 0.717) is 21.8 Å². The molecule has 160 valence electrons. The fourth-order valence-corrected chi connectivity index (χ4v) is 3.69. The van der Waals surface area contributed by atoms with E-state index in [0.717, 1.165) is 10.4 Å². The van der Waals surface area contributed by atoms with Crippen molar-refractivity contribution < 1.29 is 9.59 Å². The Morgan fingerprint density at radius 1 is 0.839 bits per heavy atom. The van der Waals surface area contributed by atoms with Crippen molar-refractivity contribution in [3.63, 3.8) is 0 Å². The molecule has 2 aromatic carbocycles. The molecule has 0 saturated carbocycles. The Morgan fingerprint density at radius 3 is 2.00 bits per heavy atom. The van der Waals surface area contributed by atoms with E-state index in [1.165, 1.54) is 16.9 Å². The molecule has 1 heterocycles. The van der Waals surface area contributed by atoms with E-state index < -0.39 is 0 Å². The van der Waals surface area contributed by atoms with Crippen LogP contribution in [0.3, 0.4) is 0 Å². The summed E-state index contributed by atoms with van der Waals surface area (Å²) in [5.41, 5.74) is 6.66. The number of hydrazone groups is 1. The third kappa shape index (κ3) is 5.89. The van der Waals surface area contributed by atoms with Crippen molar-refractivity contribution in [1.29, 1.82) is 0 Å². The van der Waals surface area contributed by atoms with Crippen molar-refractivity contribution in [2.75, 3.05) is 5.32 Å². The van der Waals surface area contributed by atoms with Crippen LogP contribution in [0.15, 0.2) is 65.8 Å². The highest BCUT2D eigenvalue weighted by Crippen LogP contribution is 2.22. The topological polar surface area (TPSA) is 70.6 Å². The molecule has 0 bridgehead atoms. The highest BCUT2D eigenvalue weighted by Gasteiger charge is 2.14. The molecule has 0 aliphatic heterocycles. The molecular weight excluding hydrogens is 406 g/mol. The van der Waals surface area contributed by atoms with Gasteiger partial charge in [-0.25, -0.2) is 5.43 Å². The Bertz CT molecular complexity index is 1100. The second kappa shape index (κ2) is 9.27. The molecule has 0 saturated heterocycles. The highest BCUT2D eigenvalue weighted by atomic mass is 32.1. The van der Waals surface area contributed by atoms with Crippen molar-refractivity contribution in [3.8, 4) is 0 Å². The maximum absolute atomic E-state index is 12.5. The highest BCUT2D eigenvalue weighted by molar-refractivity contribution is 7.13. The minimum absolute atomic E-state index is 0.0480. The summed E-state index contributed by atoms with van der Waals surface area (Å²) in [6, 6.07) is 18.7. The molecule has 0 spiro atoms. The molecule has 0 unspecified atom stereocenters. The molecule has 5 nitrogen and oxygen atoms in total. The molecule has 2 N–H and O–H groups in total. The van der Waals surface area contributed by atoms with Crippen LogP contribution in [-0.4, -0.2) is 17.5 Å². The van der Waals surface area contributed by atoms with Crippen molar-refractivity contribution in [3.05, 3.63) is 87.1 Å². The van der Waals surface area contributed by atoms with Crippen molar-refractivity contribution in [2.24, 2.45) is 5.10 Å². The first kappa shape index (κ1) is 22.4. The first-order valence-corrected chi connectivity index (χ1v) is 10.9. The van der Waals surface area contributed by atoms with Gasteiger partial charge in [0.15, 0.2) is 0 Å². The van der Waals surface area contributed by atoms with Gasteiger partial charge in [0.2, 0.25) is 0 Å². The van der Waals surface area contributed by atoms with Crippen molar-refractivity contribution >= 4 is 34.6 Å². The Kier molecular flexibility index (Phi) is 6.71. The summed E-state index contributed by atoms with van der Waals surface area (Å²) in [5.74, 6) is -0.379. The lowest BCUT2D eigenvalue weighted by Gasteiger charge is -2.19. The Morgan fingerprint density at radius 2 is 1.45 bits per heavy atom. The Labute approximate surface area is 187 Å². The van der Waals surface area contributed by atoms with Crippen LogP contribution < -0.4 is 10.7 Å². The van der Waals surface area contributed by atoms with Crippen LogP contribution in [-0.2, 0) is 5.41 Å². The minimum atomic E-state index is -0.223. The van der Waals surface area contributed by atoms with Gasteiger partial charge in [-0.05, 0) is 66.8 Å². The Hall–Kier alpha value is -3.25. The lowest BCUT2D eigenvalue weighted by molar-refractivity contribution is 0.0958. The average molecular weight is 434 g/mol. The van der Waals surface area contributed by atoms with E-state index in [-0.39, 0.29) is 17.2 Å². The number of anilines is 1. The predicted molar refractivity (Wildman–Crippen MR) is 128 cm³/mol. The predicted octanol–water partition coefficient (Wildman–Crippen LogP) is 5.76. The molecule has 6 heteroatoms. The molecule has 2 amide bonds. The molecule has 3 rings (SSSR count). The van der Waals surface area contributed by atoms with Crippen LogP contribution >= 0.6 is 11.3 Å². The number of amides is 2. The molecule has 3 aromatic rings. The zero-order valence-corrected chi connectivity index (χ0v) is 19.3. The molecule has 31 heavy (non-hydrogen) atoms. The summed E-state index contributed by atoms with van der Waals surface area (Å²) >= 11 is 1.43. The summed E-state index contributed by atoms with van der Waals surface area (Å²) in [4.78, 5) is 26.4. The summed E-state index contributed by atoms with van der Waals surface area (Å²) in [7, 11) is 0. The van der Waals surface area contributed by atoms with Crippen molar-refractivity contribution in [2.45, 2.75) is 40.0 Å². The van der Waals surface area contributed by atoms with Crippen LogP contribution in [0, 0.1) is 6.92 Å². The zero-order chi connectivity index (χ0) is 22.6. The first-order chi connectivity index (χ1) is 14.6. The van der Waals surface area contributed by atoms with E-state index >= 15 is 0 Å². The fourth-order valence-electron chi connectivity index (χ4n) is 2.93. The Balaban J connectivity index is 1.61. The molecule has 0 radical (unpaired) electrons. The van der Waals surface area contributed by atoms with E-state index in [4.69, 9.17) is 0 Å². The number of nitrogens with zero attached hydrogens (tertiary/aromatic N) is 1. The number of hydrogen-bond acceptors (Lipinski definition) is 4. The minimum Gasteiger partial charge on any atom is -0.322 e. The van der Waals surface area contributed by atoms with Crippen LogP contribution in [0.1, 0.15) is 63.7 Å². The van der Waals surface area contributed by atoms with Gasteiger partial charge in [-0.15, -0.1) is 11.3 Å². The third-order valence-corrected chi connectivity index (χ3v) is 5.86. The van der Waals surface area contributed by atoms with E-state index in [1.54, 1.807) is 6.07 Å². The maximum atomic E-state index is 12.5. The number of carbonyl (C=O) groups is 2. The van der Waals surface area contributed by atoms with E-state index in [1.807, 2.05) is 68.4 Å². The second-order valence-electron chi connectivity index (χ2n) is 8.41. The summed E-state index contributed by atoms with van der Waals surface area (Å²) < 4.78 is 0. The van der Waals surface area contributed by atoms with Crippen LogP contribution in [0.5, 0.6) is 0 Å². The van der Waals surface area contributed by atoms with Crippen LogP contribution in [0.2, 0.25) is 0 Å². The third-order valence-electron chi connectivity index (χ3n) is 4.86. The number of thiophene rings is 1. The number of aryl methyl sites for hydroxylation is 1. The summed E-state index contributed by atoms with van der Waals surface area (Å²) in [6.45, 7) is 10.2. The number of nitrogens with one attached hydrogen (secondary N) is 2. The quantitative estimate of drug-likeness (QED) is 0.397. The molecular formula is C25H27N3O2S. The molecule has 1 aromatic heterocycles. The fraction of sp³-hybridized carbons (Fsp3) is 0.240. The van der Waals surface area contributed by atoms with Crippen molar-refractivity contribution in [1.82, 2.24) is 5.43 Å². The average Bonchev–Trinajstić information content (AvgIpc) is 3.18. The van der Waals surface area contributed by atoms with Gasteiger partial charge in [0.05, 0.1) is 10.6 Å². The largest absolute Gasteiger partial charge is 0.322 e. The normalized spacial score (nSPS) is 11.8. The molecule has 0 aliphatic carbocycles. The van der Waals surface area contributed by atoms with Gasteiger partial charge in [-0.1, -0.05) is 45.0 Å². The lowest BCUT2D eigenvalue weighted by Crippen LogP contribution is -2.18. The number of carbonyl (C=O) groups excluding carboxylic acids is 2. The monoisotopic (exact) mass is 433 g/mol. The van der Waals surface area contributed by atoms with Gasteiger partial charge < -0.3 is 5.32 Å². The SMILES string of the molecule is CC(=NNC(=O)c1ccc(C)s1)c1ccc(NC(=O)c2ccc(C(C)(C)C)cc2)cc1. The maximum Gasteiger partial charge on any atom is 0.281 e. The number of benzene rings is 2. The molecule has 0 aliphatic rings. The zero-order valence-electron chi connectivity index (χ0n) is 18.4. The lowest BCUT2D eigenvalue weighted by atomic mass is 9.87. The van der Waals surface area contributed by atoms with Gasteiger partial charge in [0, 0.05) is 16.1 Å². The summed E-state index contributed by atoms with van der Waals surface area (Å²) in [5, 5.41) is 7.09. The van der Waals surface area contributed by atoms with Gasteiger partial charge >= 0.3 is 0 Å². The van der Waals surface area contributed by atoms with Gasteiger partial charge in [-0.3, -0.25) is 9.59 Å². The van der Waals surface area contributed by atoms with Crippen LogP contribution in [0.4, 0.5) is 5.69 Å². The molecule has 0 atom stereocenters. The van der Waals surface area contributed by atoms with Crippen LogP contribution in [0.25, 0.3) is 0 Å². The molecule has 0 fully saturated rings. The number of rotatable bonds is 5. The standard InChI is InChI=1S/C25H27N3O2S/c1-16-6-15-22(31-16)24(30)28-27-17(2)18-9-13-21(14-10-18)26-23(29)19-7-11-20(12-8-19)25(3,4)5/h6-15H,1-5H3,(H,26,29)(H,28,30). The first-order valence-electron chi connectivity index (χ1n) is 10.1. The van der Waals surface area contributed by atoms with E-state index in [2.05, 4.69) is 36.6 Å². The summed E-state index contributed by atoms with van der Waals surface area (Å²) in [6.07, 6.45) is 0. The van der Waals surface area contributed by atoms with Gasteiger partial charge in [0.1, 0.15) is 0 Å². The number of hydrogen-bond donors (Lipinski definition) is 2. The van der Waals surface area contributed by atoms with Gasteiger partial charge in [-0.2, -0.15) is 5.10 Å². The smallest absolute Gasteiger partial charge is 0.281 e.